The molecule has 1 aromatic heterocycles. The van der Waals surface area contributed by atoms with E-state index in [1.165, 1.54) is 4.90 Å². The minimum absolute atomic E-state index is 0.0468. The van der Waals surface area contributed by atoms with E-state index < -0.39 is 15.9 Å². The Hall–Kier alpha value is -3.40. The molecule has 10 heteroatoms. The van der Waals surface area contributed by atoms with Crippen LogP contribution in [0.25, 0.3) is 11.0 Å². The number of imidazole rings is 1. The summed E-state index contributed by atoms with van der Waals surface area (Å²) >= 11 is 0. The highest BCUT2D eigenvalue weighted by Gasteiger charge is 2.32. The molecule has 2 aliphatic rings. The summed E-state index contributed by atoms with van der Waals surface area (Å²) in [6.07, 6.45) is 2.16. The van der Waals surface area contributed by atoms with Gasteiger partial charge in [0, 0.05) is 37.7 Å². The van der Waals surface area contributed by atoms with Gasteiger partial charge in [-0.3, -0.25) is 4.79 Å². The van der Waals surface area contributed by atoms with Crippen LogP contribution in [0, 0.1) is 5.92 Å². The second-order valence-electron chi connectivity index (χ2n) is 9.67. The zero-order chi connectivity index (χ0) is 25.4. The molecule has 1 aliphatic heterocycles. The lowest BCUT2D eigenvalue weighted by Gasteiger charge is -2.15. The van der Waals surface area contributed by atoms with E-state index in [0.29, 0.717) is 24.6 Å². The Bertz CT molecular complexity index is 1410. The van der Waals surface area contributed by atoms with Crippen molar-refractivity contribution < 1.29 is 23.1 Å². The van der Waals surface area contributed by atoms with Crippen LogP contribution in [0.3, 0.4) is 0 Å². The van der Waals surface area contributed by atoms with E-state index in [1.807, 2.05) is 12.1 Å². The van der Waals surface area contributed by atoms with Crippen LogP contribution in [0.4, 0.5) is 4.79 Å². The van der Waals surface area contributed by atoms with Crippen LogP contribution in [0.15, 0.2) is 47.4 Å². The summed E-state index contributed by atoms with van der Waals surface area (Å²) in [6.45, 7) is 3.71. The Labute approximate surface area is 210 Å². The highest BCUT2D eigenvalue weighted by molar-refractivity contribution is 7.91. The van der Waals surface area contributed by atoms with Crippen LogP contribution in [-0.4, -0.2) is 58.8 Å². The monoisotopic (exact) mass is 510 g/mol. The fourth-order valence-electron chi connectivity index (χ4n) is 4.81. The van der Waals surface area contributed by atoms with Crippen molar-refractivity contribution in [2.45, 2.75) is 50.1 Å². The number of likely N-dealkylation sites (tertiary alicyclic amines) is 1. The van der Waals surface area contributed by atoms with Gasteiger partial charge < -0.3 is 19.9 Å². The van der Waals surface area contributed by atoms with Crippen molar-refractivity contribution >= 4 is 32.9 Å². The number of nitrogens with zero attached hydrogens (tertiary/aromatic N) is 3. The maximum absolute atomic E-state index is 12.8. The molecule has 0 unspecified atom stereocenters. The standard InChI is InChI=1S/C26H30N4O5S/c1-2-36(34,35)21-8-3-17(4-9-21)14-27-25(31)20-7-10-23-22(13-20)28-24(19-5-6-19)30(23)16-18-11-12-29(15-18)26(32)33/h3-4,7-10,13,18-19H,2,5-6,11-12,14-16H2,1H3,(H,27,31)(H,32,33)/t18-/m0/s1. The smallest absolute Gasteiger partial charge is 0.407 e. The number of amides is 2. The molecule has 0 spiro atoms. The largest absolute Gasteiger partial charge is 0.465 e. The molecule has 1 saturated heterocycles. The number of carbonyl (C=O) groups excluding carboxylic acids is 1. The molecule has 2 aromatic carbocycles. The zero-order valence-corrected chi connectivity index (χ0v) is 21.0. The Kier molecular flexibility index (Phi) is 6.46. The summed E-state index contributed by atoms with van der Waals surface area (Å²) in [7, 11) is -3.25. The van der Waals surface area contributed by atoms with Crippen LogP contribution >= 0.6 is 0 Å². The third-order valence-corrected chi connectivity index (χ3v) is 8.85. The summed E-state index contributed by atoms with van der Waals surface area (Å²) in [5, 5.41) is 12.2. The van der Waals surface area contributed by atoms with Crippen LogP contribution in [0.5, 0.6) is 0 Å². The number of hydrogen-bond acceptors (Lipinski definition) is 5. The third kappa shape index (κ3) is 4.95. The van der Waals surface area contributed by atoms with Gasteiger partial charge in [0.05, 0.1) is 21.7 Å². The Morgan fingerprint density at radius 2 is 1.86 bits per heavy atom. The van der Waals surface area contributed by atoms with Gasteiger partial charge in [0.2, 0.25) is 0 Å². The molecule has 36 heavy (non-hydrogen) atoms. The van der Waals surface area contributed by atoms with Crippen molar-refractivity contribution in [2.75, 3.05) is 18.8 Å². The van der Waals surface area contributed by atoms with Gasteiger partial charge in [0.1, 0.15) is 5.82 Å². The van der Waals surface area contributed by atoms with Gasteiger partial charge in [0.15, 0.2) is 9.84 Å². The summed E-state index contributed by atoms with van der Waals surface area (Å²) < 4.78 is 26.2. The highest BCUT2D eigenvalue weighted by Crippen LogP contribution is 2.41. The predicted molar refractivity (Wildman–Crippen MR) is 135 cm³/mol. The Balaban J connectivity index is 1.30. The van der Waals surface area contributed by atoms with Crippen molar-refractivity contribution in [1.29, 1.82) is 0 Å². The maximum Gasteiger partial charge on any atom is 0.407 e. The van der Waals surface area contributed by atoms with Crippen molar-refractivity contribution in [3.63, 3.8) is 0 Å². The molecule has 0 bridgehead atoms. The molecule has 190 valence electrons. The van der Waals surface area contributed by atoms with Gasteiger partial charge in [-0.2, -0.15) is 0 Å². The maximum atomic E-state index is 12.8. The average Bonchev–Trinajstić information content (AvgIpc) is 3.50. The minimum Gasteiger partial charge on any atom is -0.465 e. The minimum atomic E-state index is -3.25. The van der Waals surface area contributed by atoms with E-state index >= 15 is 0 Å². The Morgan fingerprint density at radius 1 is 1.11 bits per heavy atom. The molecule has 1 aliphatic carbocycles. The fourth-order valence-corrected chi connectivity index (χ4v) is 5.70. The molecule has 2 heterocycles. The number of rotatable bonds is 8. The number of nitrogens with one attached hydrogen (secondary N) is 1. The first-order chi connectivity index (χ1) is 17.2. The lowest BCUT2D eigenvalue weighted by Crippen LogP contribution is -2.27. The van der Waals surface area contributed by atoms with Gasteiger partial charge in [-0.15, -0.1) is 0 Å². The van der Waals surface area contributed by atoms with E-state index in [0.717, 1.165) is 48.2 Å². The second kappa shape index (κ2) is 9.57. The molecule has 1 atom stereocenters. The number of sulfone groups is 1. The summed E-state index contributed by atoms with van der Waals surface area (Å²) in [5.74, 6) is 1.52. The molecule has 0 radical (unpaired) electrons. The zero-order valence-electron chi connectivity index (χ0n) is 20.2. The molecule has 2 N–H and O–H groups in total. The predicted octanol–water partition coefficient (Wildman–Crippen LogP) is 3.64. The van der Waals surface area contributed by atoms with Gasteiger partial charge in [-0.05, 0) is 61.1 Å². The normalized spacial score (nSPS) is 18.0. The molecule has 3 aromatic rings. The van der Waals surface area contributed by atoms with Crippen molar-refractivity contribution in [1.82, 2.24) is 19.8 Å². The highest BCUT2D eigenvalue weighted by atomic mass is 32.2. The van der Waals surface area contributed by atoms with Crippen molar-refractivity contribution in [3.8, 4) is 0 Å². The topological polar surface area (TPSA) is 122 Å². The lowest BCUT2D eigenvalue weighted by molar-refractivity contribution is 0.0951. The number of fused-ring (bicyclic) bond motifs is 1. The fraction of sp³-hybridized carbons (Fsp3) is 0.423. The average molecular weight is 511 g/mol. The number of aromatic nitrogens is 2. The molecule has 1 saturated carbocycles. The van der Waals surface area contributed by atoms with Crippen LogP contribution < -0.4 is 5.32 Å². The molecule has 9 nitrogen and oxygen atoms in total. The summed E-state index contributed by atoms with van der Waals surface area (Å²) in [5.41, 5.74) is 3.06. The van der Waals surface area contributed by atoms with Crippen LogP contribution in [0.2, 0.25) is 0 Å². The van der Waals surface area contributed by atoms with E-state index in [2.05, 4.69) is 9.88 Å². The molecule has 2 amide bonds. The van der Waals surface area contributed by atoms with Crippen LogP contribution in [-0.2, 0) is 22.9 Å². The molecule has 2 fully saturated rings. The van der Waals surface area contributed by atoms with E-state index in [1.54, 1.807) is 37.3 Å². The molecular formula is C26H30N4O5S. The van der Waals surface area contributed by atoms with Gasteiger partial charge in [0.25, 0.3) is 5.91 Å². The number of carboxylic acid groups (broad SMARTS) is 1. The second-order valence-corrected chi connectivity index (χ2v) is 11.9. The summed E-state index contributed by atoms with van der Waals surface area (Å²) in [6, 6.07) is 12.1. The molecular weight excluding hydrogens is 480 g/mol. The molecule has 5 rings (SSSR count). The first kappa shape index (κ1) is 24.3. The van der Waals surface area contributed by atoms with Crippen molar-refractivity contribution in [2.24, 2.45) is 5.92 Å². The quantitative estimate of drug-likeness (QED) is 0.477. The summed E-state index contributed by atoms with van der Waals surface area (Å²) in [4.78, 5) is 30.8. The number of benzene rings is 2. The van der Waals surface area contributed by atoms with Gasteiger partial charge in [-0.25, -0.2) is 18.2 Å². The number of hydrogen-bond donors (Lipinski definition) is 2. The SMILES string of the molecule is CCS(=O)(=O)c1ccc(CNC(=O)c2ccc3c(c2)nc(C2CC2)n3C[C@H]2CCN(C(=O)O)C2)cc1. The van der Waals surface area contributed by atoms with E-state index in [9.17, 15) is 23.1 Å². The van der Waals surface area contributed by atoms with E-state index in [4.69, 9.17) is 4.98 Å². The lowest BCUT2D eigenvalue weighted by atomic mass is 10.1. The van der Waals surface area contributed by atoms with E-state index in [-0.39, 0.29) is 29.0 Å². The van der Waals surface area contributed by atoms with Crippen LogP contribution in [0.1, 0.15) is 53.8 Å². The third-order valence-electron chi connectivity index (χ3n) is 7.10. The Morgan fingerprint density at radius 3 is 2.50 bits per heavy atom. The van der Waals surface area contributed by atoms with Gasteiger partial charge >= 0.3 is 6.09 Å². The number of carbonyl (C=O) groups is 2. The van der Waals surface area contributed by atoms with Gasteiger partial charge in [-0.1, -0.05) is 19.1 Å². The first-order valence-corrected chi connectivity index (χ1v) is 14.0. The van der Waals surface area contributed by atoms with Crippen molar-refractivity contribution in [3.05, 3.63) is 59.4 Å². The first-order valence-electron chi connectivity index (χ1n) is 12.3.